The van der Waals surface area contributed by atoms with Crippen molar-refractivity contribution in [3.63, 3.8) is 0 Å². The maximum atomic E-state index is 10.8. The maximum absolute atomic E-state index is 10.8. The van der Waals surface area contributed by atoms with Gasteiger partial charge in [0.25, 0.3) is 10.9 Å². The van der Waals surface area contributed by atoms with Gasteiger partial charge in [0.05, 0.1) is 9.95 Å². The third kappa shape index (κ3) is 2.98. The van der Waals surface area contributed by atoms with Crippen molar-refractivity contribution in [2.45, 2.75) is 0 Å². The molecule has 2 aromatic rings. The van der Waals surface area contributed by atoms with Crippen LogP contribution < -0.4 is 4.74 Å². The van der Waals surface area contributed by atoms with Gasteiger partial charge >= 0.3 is 5.97 Å². The topological polar surface area (TPSA) is 103 Å². The second-order valence-corrected chi connectivity index (χ2v) is 5.11. The summed E-state index contributed by atoms with van der Waals surface area (Å²) in [5, 5.41) is 19.2. The van der Waals surface area contributed by atoms with Gasteiger partial charge in [-0.05, 0) is 6.07 Å². The maximum Gasteiger partial charge on any atom is 0.349 e. The molecule has 0 unspecified atom stereocenters. The first-order chi connectivity index (χ1) is 9.38. The molecule has 0 amide bonds. The van der Waals surface area contributed by atoms with Gasteiger partial charge in [-0.2, -0.15) is 4.98 Å². The highest BCUT2D eigenvalue weighted by molar-refractivity contribution is 7.15. The standard InChI is InChI=1S/C10H4Cl2N2O5S/c11-5-3-4(14(17)18)1-2-6(5)19-10-13-8(12)7(20-10)9(15)16/h1-3H,(H,15,16). The predicted molar refractivity (Wildman–Crippen MR) is 72.3 cm³/mol. The normalized spacial score (nSPS) is 10.3. The second kappa shape index (κ2) is 5.61. The Labute approximate surface area is 125 Å². The lowest BCUT2D eigenvalue weighted by atomic mass is 10.3. The van der Waals surface area contributed by atoms with Crippen molar-refractivity contribution in [3.05, 3.63) is 43.4 Å². The van der Waals surface area contributed by atoms with Crippen molar-refractivity contribution in [2.75, 3.05) is 0 Å². The van der Waals surface area contributed by atoms with E-state index in [-0.39, 0.29) is 31.7 Å². The second-order valence-electron chi connectivity index (χ2n) is 3.38. The van der Waals surface area contributed by atoms with E-state index in [9.17, 15) is 14.9 Å². The van der Waals surface area contributed by atoms with Crippen molar-refractivity contribution >= 4 is 46.2 Å². The van der Waals surface area contributed by atoms with Crippen LogP contribution in [0.15, 0.2) is 18.2 Å². The molecular weight excluding hydrogens is 331 g/mol. The van der Waals surface area contributed by atoms with Crippen LogP contribution in [0.1, 0.15) is 9.67 Å². The number of aromatic carboxylic acids is 1. The fraction of sp³-hybridized carbons (Fsp3) is 0. The lowest BCUT2D eigenvalue weighted by Crippen LogP contribution is -1.91. The molecule has 0 aliphatic rings. The van der Waals surface area contributed by atoms with Gasteiger partial charge in [-0.3, -0.25) is 10.1 Å². The number of nitrogens with zero attached hydrogens (tertiary/aromatic N) is 2. The van der Waals surface area contributed by atoms with E-state index in [1.807, 2.05) is 0 Å². The number of hydrogen-bond donors (Lipinski definition) is 1. The Bertz CT molecular complexity index is 703. The van der Waals surface area contributed by atoms with E-state index in [2.05, 4.69) is 4.98 Å². The largest absolute Gasteiger partial charge is 0.477 e. The van der Waals surface area contributed by atoms with Gasteiger partial charge in [0.1, 0.15) is 5.75 Å². The Morgan fingerprint density at radius 2 is 2.15 bits per heavy atom. The van der Waals surface area contributed by atoms with Gasteiger partial charge in [-0.15, -0.1) is 0 Å². The molecule has 2 rings (SSSR count). The average molecular weight is 335 g/mol. The molecule has 1 aromatic carbocycles. The summed E-state index contributed by atoms with van der Waals surface area (Å²) in [5.41, 5.74) is -0.189. The SMILES string of the molecule is O=C(O)c1sc(Oc2ccc([N+](=O)[O-])cc2Cl)nc1Cl. The number of non-ortho nitro benzene ring substituents is 1. The molecule has 0 atom stereocenters. The van der Waals surface area contributed by atoms with Crippen molar-refractivity contribution in [2.24, 2.45) is 0 Å². The quantitative estimate of drug-likeness (QED) is 0.672. The third-order valence-corrected chi connectivity index (χ3v) is 3.69. The zero-order valence-corrected chi connectivity index (χ0v) is 11.7. The number of rotatable bonds is 4. The highest BCUT2D eigenvalue weighted by atomic mass is 35.5. The molecule has 1 aromatic heterocycles. The van der Waals surface area contributed by atoms with E-state index in [0.29, 0.717) is 0 Å². The Morgan fingerprint density at radius 3 is 2.65 bits per heavy atom. The molecule has 0 radical (unpaired) electrons. The molecule has 0 fully saturated rings. The fourth-order valence-electron chi connectivity index (χ4n) is 1.24. The number of ether oxygens (including phenoxy) is 1. The van der Waals surface area contributed by atoms with E-state index in [4.69, 9.17) is 33.0 Å². The molecule has 104 valence electrons. The molecule has 20 heavy (non-hydrogen) atoms. The average Bonchev–Trinajstić information content (AvgIpc) is 2.73. The molecular formula is C10H4Cl2N2O5S. The number of thiazole rings is 1. The molecule has 1 N–H and O–H groups in total. The van der Waals surface area contributed by atoms with Crippen LogP contribution >= 0.6 is 34.5 Å². The van der Waals surface area contributed by atoms with Gasteiger partial charge in [0.2, 0.25) is 0 Å². The summed E-state index contributed by atoms with van der Waals surface area (Å²) in [6.45, 7) is 0. The Morgan fingerprint density at radius 1 is 1.45 bits per heavy atom. The van der Waals surface area contributed by atoms with Gasteiger partial charge in [-0.25, -0.2) is 4.79 Å². The van der Waals surface area contributed by atoms with Crippen LogP contribution in [0.3, 0.4) is 0 Å². The molecule has 7 nitrogen and oxygen atoms in total. The molecule has 1 heterocycles. The summed E-state index contributed by atoms with van der Waals surface area (Å²) >= 11 is 12.2. The summed E-state index contributed by atoms with van der Waals surface area (Å²) in [7, 11) is 0. The number of nitro benzene ring substituents is 1. The van der Waals surface area contributed by atoms with Crippen LogP contribution in [0.4, 0.5) is 5.69 Å². The minimum Gasteiger partial charge on any atom is -0.477 e. The fourth-order valence-corrected chi connectivity index (χ4v) is 2.44. The highest BCUT2D eigenvalue weighted by Gasteiger charge is 2.18. The van der Waals surface area contributed by atoms with E-state index >= 15 is 0 Å². The van der Waals surface area contributed by atoms with Crippen LogP contribution in [0.2, 0.25) is 10.2 Å². The van der Waals surface area contributed by atoms with Crippen molar-refractivity contribution < 1.29 is 19.6 Å². The molecule has 0 saturated carbocycles. The van der Waals surface area contributed by atoms with E-state index < -0.39 is 10.9 Å². The number of carbonyl (C=O) groups is 1. The van der Waals surface area contributed by atoms with Crippen molar-refractivity contribution in [1.29, 1.82) is 0 Å². The lowest BCUT2D eigenvalue weighted by Gasteiger charge is -2.03. The molecule has 0 aliphatic heterocycles. The highest BCUT2D eigenvalue weighted by Crippen LogP contribution is 2.36. The Balaban J connectivity index is 2.28. The number of hydrogen-bond acceptors (Lipinski definition) is 6. The lowest BCUT2D eigenvalue weighted by molar-refractivity contribution is -0.384. The summed E-state index contributed by atoms with van der Waals surface area (Å²) in [6, 6.07) is 3.61. The number of halogens is 2. The van der Waals surface area contributed by atoms with Gasteiger partial charge in [0.15, 0.2) is 10.0 Å². The number of benzene rings is 1. The van der Waals surface area contributed by atoms with E-state index in [0.717, 1.165) is 17.4 Å². The zero-order chi connectivity index (χ0) is 14.9. The van der Waals surface area contributed by atoms with Gasteiger partial charge in [0, 0.05) is 12.1 Å². The smallest absolute Gasteiger partial charge is 0.349 e. The first-order valence-electron chi connectivity index (χ1n) is 4.90. The van der Waals surface area contributed by atoms with E-state index in [1.165, 1.54) is 12.1 Å². The first kappa shape index (κ1) is 14.5. The molecule has 0 spiro atoms. The number of carboxylic acids is 1. The van der Waals surface area contributed by atoms with Crippen molar-refractivity contribution in [3.8, 4) is 10.9 Å². The molecule has 0 bridgehead atoms. The number of nitro groups is 1. The van der Waals surface area contributed by atoms with Crippen LogP contribution in [0, 0.1) is 10.1 Å². The summed E-state index contributed by atoms with van der Waals surface area (Å²) in [5.74, 6) is -1.11. The van der Waals surface area contributed by atoms with Crippen molar-refractivity contribution in [1.82, 2.24) is 4.98 Å². The summed E-state index contributed by atoms with van der Waals surface area (Å²) in [6.07, 6.45) is 0. The third-order valence-electron chi connectivity index (χ3n) is 2.08. The minimum absolute atomic E-state index is 0.00222. The molecule has 0 saturated heterocycles. The number of aromatic nitrogens is 1. The molecule has 10 heteroatoms. The zero-order valence-electron chi connectivity index (χ0n) is 9.37. The molecule has 0 aliphatic carbocycles. The Kier molecular flexibility index (Phi) is 4.07. The van der Waals surface area contributed by atoms with Crippen LogP contribution in [0.5, 0.6) is 10.9 Å². The monoisotopic (exact) mass is 334 g/mol. The predicted octanol–water partition coefficient (Wildman–Crippen LogP) is 3.85. The summed E-state index contributed by atoms with van der Waals surface area (Å²) < 4.78 is 5.26. The van der Waals surface area contributed by atoms with Crippen LogP contribution in [-0.2, 0) is 0 Å². The Hall–Kier alpha value is -1.90. The summed E-state index contributed by atoms with van der Waals surface area (Å²) in [4.78, 5) is 24.3. The number of carboxylic acid groups (broad SMARTS) is 1. The van der Waals surface area contributed by atoms with Crippen LogP contribution in [0.25, 0.3) is 0 Å². The van der Waals surface area contributed by atoms with Crippen LogP contribution in [-0.4, -0.2) is 21.0 Å². The van der Waals surface area contributed by atoms with Gasteiger partial charge in [-0.1, -0.05) is 34.5 Å². The van der Waals surface area contributed by atoms with Gasteiger partial charge < -0.3 is 9.84 Å². The minimum atomic E-state index is -1.22. The first-order valence-corrected chi connectivity index (χ1v) is 6.47. The van der Waals surface area contributed by atoms with E-state index in [1.54, 1.807) is 0 Å².